The summed E-state index contributed by atoms with van der Waals surface area (Å²) in [4.78, 5) is 29.2. The van der Waals surface area contributed by atoms with Crippen LogP contribution in [0.25, 0.3) is 27.7 Å². The Hall–Kier alpha value is -3.62. The zero-order chi connectivity index (χ0) is 32.3. The van der Waals surface area contributed by atoms with E-state index in [2.05, 4.69) is 28.1 Å². The van der Waals surface area contributed by atoms with Crippen molar-refractivity contribution in [2.24, 2.45) is 0 Å². The van der Waals surface area contributed by atoms with Crippen LogP contribution in [-0.2, 0) is 20.8 Å². The van der Waals surface area contributed by atoms with Crippen LogP contribution in [0.3, 0.4) is 0 Å². The molecule has 2 aliphatic rings. The lowest BCUT2D eigenvalue weighted by Gasteiger charge is -2.24. The van der Waals surface area contributed by atoms with Crippen LogP contribution >= 0.6 is 0 Å². The number of nitrogens with one attached hydrogen (secondary N) is 1. The molecule has 1 N–H and O–H groups in total. The van der Waals surface area contributed by atoms with E-state index in [4.69, 9.17) is 14.2 Å². The van der Waals surface area contributed by atoms with Crippen molar-refractivity contribution in [2.75, 3.05) is 47.5 Å². The van der Waals surface area contributed by atoms with Crippen LogP contribution < -0.4 is 10.1 Å². The summed E-state index contributed by atoms with van der Waals surface area (Å²) >= 11 is 0. The van der Waals surface area contributed by atoms with Crippen molar-refractivity contribution in [3.05, 3.63) is 58.7 Å². The van der Waals surface area contributed by atoms with Gasteiger partial charge in [-0.15, -0.1) is 0 Å². The second kappa shape index (κ2) is 13.8. The van der Waals surface area contributed by atoms with E-state index in [1.54, 1.807) is 12.0 Å². The number of hydrogen-bond donors (Lipinski definition) is 1. The summed E-state index contributed by atoms with van der Waals surface area (Å²) in [6, 6.07) is 12.2. The summed E-state index contributed by atoms with van der Waals surface area (Å²) < 4.78 is 19.5. The molecule has 2 heterocycles. The largest absolute Gasteiger partial charge is 0.497 e. The van der Waals surface area contributed by atoms with Crippen LogP contribution in [0.5, 0.6) is 5.75 Å². The quantitative estimate of drug-likeness (QED) is 0.200. The van der Waals surface area contributed by atoms with Crippen molar-refractivity contribution in [1.82, 2.24) is 14.8 Å². The van der Waals surface area contributed by atoms with Crippen molar-refractivity contribution in [3.8, 4) is 17.0 Å². The van der Waals surface area contributed by atoms with Gasteiger partial charge < -0.3 is 29.0 Å². The summed E-state index contributed by atoms with van der Waals surface area (Å²) in [6.45, 7) is 10.4. The fourth-order valence-corrected chi connectivity index (χ4v) is 6.74. The predicted octanol–water partition coefficient (Wildman–Crippen LogP) is 6.80. The minimum Gasteiger partial charge on any atom is -0.497 e. The Morgan fingerprint density at radius 3 is 2.47 bits per heavy atom. The Balaban J connectivity index is 1.69. The molecule has 0 spiro atoms. The summed E-state index contributed by atoms with van der Waals surface area (Å²) in [7, 11) is 5.40. The molecule has 0 saturated heterocycles. The molecule has 0 bridgehead atoms. The number of ether oxygens (including phenoxy) is 3. The maximum absolute atomic E-state index is 14.2. The third-order valence-electron chi connectivity index (χ3n) is 9.08. The van der Waals surface area contributed by atoms with Crippen molar-refractivity contribution in [2.45, 2.75) is 77.9 Å². The zero-order valence-corrected chi connectivity index (χ0v) is 28.0. The molecule has 1 aliphatic carbocycles. The maximum Gasteiger partial charge on any atom is 0.338 e. The van der Waals surface area contributed by atoms with Crippen molar-refractivity contribution in [1.29, 1.82) is 0 Å². The van der Waals surface area contributed by atoms with Gasteiger partial charge in [0.2, 0.25) is 0 Å². The van der Waals surface area contributed by atoms with E-state index in [0.29, 0.717) is 37.8 Å². The number of esters is 1. The highest BCUT2D eigenvalue weighted by atomic mass is 16.6. The number of carbonyl (C=O) groups is 2. The van der Waals surface area contributed by atoms with Crippen LogP contribution in [-0.4, -0.2) is 74.5 Å². The Bertz CT molecular complexity index is 1590. The third-order valence-corrected chi connectivity index (χ3v) is 9.08. The number of hydrogen-bond acceptors (Lipinski definition) is 6. The number of benzene rings is 2. The molecule has 1 aliphatic heterocycles. The Morgan fingerprint density at radius 2 is 1.78 bits per heavy atom. The lowest BCUT2D eigenvalue weighted by molar-refractivity contribution is -0.126. The first-order chi connectivity index (χ1) is 21.5. The van der Waals surface area contributed by atoms with Crippen molar-refractivity contribution < 1.29 is 23.8 Å². The zero-order valence-electron chi connectivity index (χ0n) is 28.0. The van der Waals surface area contributed by atoms with Gasteiger partial charge in [-0.3, -0.25) is 4.79 Å². The highest BCUT2D eigenvalue weighted by molar-refractivity contribution is 6.06. The standard InChI is InChI=1S/C37H49N3O5/c1-24-30-22-27(43-7)14-16-28(30)34-33(25-11-9-8-10-12-25)29-15-13-26(36(42)45-37(2,3)4)21-32(29)40(34)23-31(24)35(41)39(6)18-20-44-19-17-38-5/h13-16,21-22,25,38H,8-12,17-20,23H2,1-7H3. The van der Waals surface area contributed by atoms with E-state index >= 15 is 0 Å². The van der Waals surface area contributed by atoms with Gasteiger partial charge in [-0.05, 0) is 101 Å². The van der Waals surface area contributed by atoms with Crippen molar-refractivity contribution in [3.63, 3.8) is 0 Å². The molecule has 8 heteroatoms. The molecule has 0 atom stereocenters. The fourth-order valence-electron chi connectivity index (χ4n) is 6.74. The predicted molar refractivity (Wildman–Crippen MR) is 180 cm³/mol. The SMILES string of the molecule is CNCCOCCN(C)C(=O)C1=C(C)c2cc(OC)ccc2-c2c(C3CCCCC3)c3ccc(C(=O)OC(C)(C)C)cc3n2C1. The van der Waals surface area contributed by atoms with Gasteiger partial charge in [-0.2, -0.15) is 0 Å². The van der Waals surface area contributed by atoms with Gasteiger partial charge in [0, 0.05) is 42.2 Å². The lowest BCUT2D eigenvalue weighted by atomic mass is 9.81. The fraction of sp³-hybridized carbons (Fsp3) is 0.514. The van der Waals surface area contributed by atoms with E-state index in [1.807, 2.05) is 60.0 Å². The molecule has 1 saturated carbocycles. The van der Waals surface area contributed by atoms with Crippen LogP contribution in [0.15, 0.2) is 42.0 Å². The van der Waals surface area contributed by atoms with Crippen molar-refractivity contribution >= 4 is 28.4 Å². The van der Waals surface area contributed by atoms with E-state index in [-0.39, 0.29) is 11.9 Å². The molecular weight excluding hydrogens is 566 g/mol. The monoisotopic (exact) mass is 615 g/mol. The number of rotatable bonds is 10. The van der Waals surface area contributed by atoms with Gasteiger partial charge in [0.1, 0.15) is 11.4 Å². The second-order valence-electron chi connectivity index (χ2n) is 13.4. The van der Waals surface area contributed by atoms with Crippen LogP contribution in [0.4, 0.5) is 0 Å². The molecule has 242 valence electrons. The lowest BCUT2D eigenvalue weighted by Crippen LogP contribution is -2.33. The van der Waals surface area contributed by atoms with Crippen LogP contribution in [0.2, 0.25) is 0 Å². The molecule has 45 heavy (non-hydrogen) atoms. The maximum atomic E-state index is 14.2. The van der Waals surface area contributed by atoms with Gasteiger partial charge in [0.15, 0.2) is 0 Å². The second-order valence-corrected chi connectivity index (χ2v) is 13.4. The average molecular weight is 616 g/mol. The van der Waals surface area contributed by atoms with Crippen LogP contribution in [0, 0.1) is 0 Å². The summed E-state index contributed by atoms with van der Waals surface area (Å²) in [5.74, 6) is 0.770. The van der Waals surface area contributed by atoms with Gasteiger partial charge in [0.25, 0.3) is 5.91 Å². The van der Waals surface area contributed by atoms with Gasteiger partial charge in [0.05, 0.1) is 38.1 Å². The Labute approximate surface area is 267 Å². The molecule has 1 amide bonds. The molecule has 5 rings (SSSR count). The summed E-state index contributed by atoms with van der Waals surface area (Å²) in [5.41, 5.74) is 7.06. The number of aromatic nitrogens is 1. The molecule has 8 nitrogen and oxygen atoms in total. The number of carbonyl (C=O) groups excluding carboxylic acids is 2. The highest BCUT2D eigenvalue weighted by Crippen LogP contribution is 2.48. The first-order valence-corrected chi connectivity index (χ1v) is 16.3. The molecule has 1 aromatic heterocycles. The minimum atomic E-state index is -0.603. The van der Waals surface area contributed by atoms with Gasteiger partial charge >= 0.3 is 5.97 Å². The number of methoxy groups -OCH3 is 1. The number of amides is 1. The van der Waals surface area contributed by atoms with E-state index in [0.717, 1.165) is 64.0 Å². The topological polar surface area (TPSA) is 82.0 Å². The highest BCUT2D eigenvalue weighted by Gasteiger charge is 2.33. The number of allylic oxidation sites excluding steroid dienone is 1. The number of fused-ring (bicyclic) bond motifs is 5. The Kier molecular flexibility index (Phi) is 10.0. The minimum absolute atomic E-state index is 0.0318. The smallest absolute Gasteiger partial charge is 0.338 e. The first kappa shape index (κ1) is 32.8. The number of likely N-dealkylation sites (N-methyl/N-ethyl adjacent to an activating group) is 2. The van der Waals surface area contributed by atoms with Gasteiger partial charge in [-0.1, -0.05) is 25.3 Å². The molecular formula is C37H49N3O5. The Morgan fingerprint density at radius 1 is 1.02 bits per heavy atom. The first-order valence-electron chi connectivity index (χ1n) is 16.3. The molecule has 0 unspecified atom stereocenters. The van der Waals surface area contributed by atoms with E-state index < -0.39 is 5.60 Å². The normalized spacial score (nSPS) is 15.4. The molecule has 2 aromatic carbocycles. The average Bonchev–Trinajstić information content (AvgIpc) is 3.28. The van der Waals surface area contributed by atoms with Gasteiger partial charge in [-0.25, -0.2) is 4.79 Å². The molecule has 1 fully saturated rings. The van der Waals surface area contributed by atoms with Crippen LogP contribution in [0.1, 0.15) is 87.2 Å². The summed E-state index contributed by atoms with van der Waals surface area (Å²) in [6.07, 6.45) is 5.90. The molecule has 0 radical (unpaired) electrons. The third kappa shape index (κ3) is 6.97. The molecule has 3 aromatic rings. The number of nitrogens with zero attached hydrogens (tertiary/aromatic N) is 2. The van der Waals surface area contributed by atoms with E-state index in [9.17, 15) is 9.59 Å². The summed E-state index contributed by atoms with van der Waals surface area (Å²) in [5, 5.41) is 4.22. The van der Waals surface area contributed by atoms with E-state index in [1.165, 1.54) is 24.8 Å².